The van der Waals surface area contributed by atoms with Crippen LogP contribution in [0.1, 0.15) is 28.3 Å². The van der Waals surface area contributed by atoms with E-state index in [-0.39, 0.29) is 36.8 Å². The molecule has 0 amide bonds. The molecule has 160 valence electrons. The number of benzene rings is 2. The van der Waals surface area contributed by atoms with Crippen molar-refractivity contribution < 1.29 is 55.8 Å². The molecule has 0 N–H and O–H groups in total. The summed E-state index contributed by atoms with van der Waals surface area (Å²) in [5, 5.41) is 0. The highest BCUT2D eigenvalue weighted by Crippen LogP contribution is 2.50. The Hall–Kier alpha value is -2.12. The number of ether oxygens (including phenoxy) is 3. The lowest BCUT2D eigenvalue weighted by Crippen LogP contribution is -3.00. The summed E-state index contributed by atoms with van der Waals surface area (Å²) in [7, 11) is 5.75. The first-order valence-electron chi connectivity index (χ1n) is 9.21. The smallest absolute Gasteiger partial charge is 0.416 e. The Kier molecular flexibility index (Phi) is 6.16. The number of rotatable bonds is 1. The largest absolute Gasteiger partial charge is 1.00 e. The van der Waals surface area contributed by atoms with Gasteiger partial charge in [-0.3, -0.25) is 0 Å². The van der Waals surface area contributed by atoms with Crippen LogP contribution >= 0.6 is 0 Å². The van der Waals surface area contributed by atoms with Gasteiger partial charge in [0.2, 0.25) is 12.5 Å². The van der Waals surface area contributed by atoms with Crippen molar-refractivity contribution in [1.29, 1.82) is 0 Å². The minimum atomic E-state index is -4.36. The van der Waals surface area contributed by atoms with Crippen molar-refractivity contribution in [3.8, 4) is 29.1 Å². The van der Waals surface area contributed by atoms with Gasteiger partial charge in [-0.1, -0.05) is 5.92 Å². The Morgan fingerprint density at radius 1 is 1.13 bits per heavy atom. The molecule has 0 spiro atoms. The number of likely N-dealkylation sites (N-methyl/N-ethyl adjacent to an activating group) is 1. The van der Waals surface area contributed by atoms with E-state index in [1.54, 1.807) is 7.11 Å². The van der Waals surface area contributed by atoms with Crippen LogP contribution in [0.15, 0.2) is 30.3 Å². The summed E-state index contributed by atoms with van der Waals surface area (Å²) in [6.07, 6.45) is -3.52. The lowest BCUT2D eigenvalue weighted by molar-refractivity contribution is -0.914. The summed E-state index contributed by atoms with van der Waals surface area (Å²) in [6, 6.07) is 6.67. The Labute approximate surface area is 190 Å². The Morgan fingerprint density at radius 3 is 2.47 bits per heavy atom. The van der Waals surface area contributed by atoms with Gasteiger partial charge in [0.05, 0.1) is 38.9 Å². The van der Waals surface area contributed by atoms with Gasteiger partial charge in [-0.15, -0.1) is 0 Å². The van der Waals surface area contributed by atoms with Crippen LogP contribution in [0.2, 0.25) is 0 Å². The first-order chi connectivity index (χ1) is 13.7. The minimum absolute atomic E-state index is 0. The van der Waals surface area contributed by atoms with Gasteiger partial charge in [0.15, 0.2) is 17.5 Å². The van der Waals surface area contributed by atoms with E-state index in [4.69, 9.17) is 14.2 Å². The predicted molar refractivity (Wildman–Crippen MR) is 101 cm³/mol. The van der Waals surface area contributed by atoms with Crippen molar-refractivity contribution >= 4 is 0 Å². The van der Waals surface area contributed by atoms with Gasteiger partial charge in [-0.25, -0.2) is 0 Å². The molecule has 1 atom stereocenters. The third-order valence-electron chi connectivity index (χ3n) is 5.44. The molecule has 8 heteroatoms. The Balaban J connectivity index is 0.00000256. The number of hydrogen-bond donors (Lipinski definition) is 0. The lowest BCUT2D eigenvalue weighted by Gasteiger charge is -2.40. The molecule has 1 unspecified atom stereocenters. The molecule has 0 fully saturated rings. The number of halogens is 4. The van der Waals surface area contributed by atoms with E-state index in [0.29, 0.717) is 27.3 Å². The third-order valence-corrected chi connectivity index (χ3v) is 5.44. The van der Waals surface area contributed by atoms with E-state index < -0.39 is 11.7 Å². The molecule has 0 radical (unpaired) electrons. The average Bonchev–Trinajstić information content (AvgIpc) is 3.13. The molecule has 4 rings (SSSR count). The SMILES string of the molecule is COc1c2c(cc3c1C(C#Cc1ccc(C(F)(F)F)cc1)[N+](C)(C)CC3)OCO2.[I-]. The van der Waals surface area contributed by atoms with Crippen LogP contribution in [0, 0.1) is 11.8 Å². The summed E-state index contributed by atoms with van der Waals surface area (Å²) >= 11 is 0. The van der Waals surface area contributed by atoms with Crippen LogP contribution in [0.4, 0.5) is 13.2 Å². The Bertz CT molecular complexity index is 1010. The molecule has 0 bridgehead atoms. The van der Waals surface area contributed by atoms with Gasteiger partial charge in [-0.05, 0) is 41.8 Å². The third kappa shape index (κ3) is 4.05. The van der Waals surface area contributed by atoms with Crippen molar-refractivity contribution in [1.82, 2.24) is 0 Å². The van der Waals surface area contributed by atoms with E-state index in [0.717, 1.165) is 36.2 Å². The van der Waals surface area contributed by atoms with Crippen LogP contribution in [0.3, 0.4) is 0 Å². The highest BCUT2D eigenvalue weighted by atomic mass is 127. The standard InChI is InChI=1S/C22H21F3NO3.HI/c1-26(2)11-10-15-12-18-20(29-13-28-18)21(27-3)19(15)17(26)9-6-14-4-7-16(8-5-14)22(23,24)25;/h4-5,7-8,12,17H,10-11,13H2,1-3H3;1H/q+1;/p-1. The number of quaternary nitrogens is 1. The minimum Gasteiger partial charge on any atom is -1.00 e. The molecule has 2 heterocycles. The first kappa shape index (κ1) is 22.6. The second-order valence-corrected chi connectivity index (χ2v) is 7.72. The van der Waals surface area contributed by atoms with Gasteiger partial charge in [0.25, 0.3) is 0 Å². The van der Waals surface area contributed by atoms with Gasteiger partial charge in [-0.2, -0.15) is 13.2 Å². The monoisotopic (exact) mass is 531 g/mol. The highest BCUT2D eigenvalue weighted by molar-refractivity contribution is 5.62. The van der Waals surface area contributed by atoms with Crippen LogP contribution in [0.5, 0.6) is 17.2 Å². The molecule has 0 aromatic heterocycles. The van der Waals surface area contributed by atoms with Gasteiger partial charge in [0.1, 0.15) is 0 Å². The fraction of sp³-hybridized carbons (Fsp3) is 0.364. The summed E-state index contributed by atoms with van der Waals surface area (Å²) in [4.78, 5) is 0. The summed E-state index contributed by atoms with van der Waals surface area (Å²) in [5.74, 6) is 8.19. The highest BCUT2D eigenvalue weighted by Gasteiger charge is 2.40. The van der Waals surface area contributed by atoms with Crippen LogP contribution in [0.25, 0.3) is 0 Å². The van der Waals surface area contributed by atoms with Crippen molar-refractivity contribution in [3.63, 3.8) is 0 Å². The fourth-order valence-electron chi connectivity index (χ4n) is 3.81. The normalized spacial score (nSPS) is 18.5. The van der Waals surface area contributed by atoms with E-state index in [1.807, 2.05) is 6.07 Å². The van der Waals surface area contributed by atoms with Gasteiger partial charge in [0, 0.05) is 12.0 Å². The molecule has 4 nitrogen and oxygen atoms in total. The Morgan fingerprint density at radius 2 is 1.83 bits per heavy atom. The van der Waals surface area contributed by atoms with Crippen LogP contribution in [-0.2, 0) is 12.6 Å². The second kappa shape index (κ2) is 8.19. The molecule has 30 heavy (non-hydrogen) atoms. The molecule has 0 saturated carbocycles. The zero-order chi connectivity index (χ0) is 20.8. The molecule has 2 aromatic carbocycles. The van der Waals surface area contributed by atoms with Gasteiger partial charge < -0.3 is 42.7 Å². The summed E-state index contributed by atoms with van der Waals surface area (Å²) in [6.45, 7) is 1.01. The molecule has 2 aliphatic heterocycles. The van der Waals surface area contributed by atoms with Gasteiger partial charge >= 0.3 is 6.18 Å². The number of methoxy groups -OCH3 is 1. The zero-order valence-electron chi connectivity index (χ0n) is 16.8. The maximum absolute atomic E-state index is 12.8. The van der Waals surface area contributed by atoms with Crippen LogP contribution in [-0.4, -0.2) is 39.0 Å². The lowest BCUT2D eigenvalue weighted by atomic mass is 9.89. The van der Waals surface area contributed by atoms with Crippen molar-refractivity contribution in [2.45, 2.75) is 18.6 Å². The maximum atomic E-state index is 12.8. The number of alkyl halides is 3. The zero-order valence-corrected chi connectivity index (χ0v) is 18.9. The quantitative estimate of drug-likeness (QED) is 0.315. The molecule has 0 aliphatic carbocycles. The number of hydrogen-bond acceptors (Lipinski definition) is 3. The van der Waals surface area contributed by atoms with E-state index >= 15 is 0 Å². The number of nitrogens with zero attached hydrogens (tertiary/aromatic N) is 1. The molecular formula is C22H21F3INO3. The van der Waals surface area contributed by atoms with Crippen molar-refractivity contribution in [3.05, 3.63) is 52.6 Å². The topological polar surface area (TPSA) is 27.7 Å². The first-order valence-corrected chi connectivity index (χ1v) is 9.21. The van der Waals surface area contributed by atoms with Crippen molar-refractivity contribution in [2.24, 2.45) is 0 Å². The van der Waals surface area contributed by atoms with E-state index in [1.165, 1.54) is 12.1 Å². The average molecular weight is 531 g/mol. The fourth-order valence-corrected chi connectivity index (χ4v) is 3.81. The van der Waals surface area contributed by atoms with Crippen LogP contribution < -0.4 is 38.2 Å². The molecular weight excluding hydrogens is 510 g/mol. The van der Waals surface area contributed by atoms with E-state index in [9.17, 15) is 13.2 Å². The number of fused-ring (bicyclic) bond motifs is 2. The predicted octanol–water partition coefficient (Wildman–Crippen LogP) is 1.17. The molecule has 0 saturated heterocycles. The molecule has 2 aliphatic rings. The maximum Gasteiger partial charge on any atom is 0.416 e. The van der Waals surface area contributed by atoms with Crippen molar-refractivity contribution in [2.75, 3.05) is 34.5 Å². The summed E-state index contributed by atoms with van der Waals surface area (Å²) < 4.78 is 55.8. The summed E-state index contributed by atoms with van der Waals surface area (Å²) in [5.41, 5.74) is 1.89. The van der Waals surface area contributed by atoms with E-state index in [2.05, 4.69) is 25.9 Å². The second-order valence-electron chi connectivity index (χ2n) is 7.72. The molecule has 2 aromatic rings.